The third-order valence-corrected chi connectivity index (χ3v) is 3.59. The molecule has 1 fully saturated rings. The monoisotopic (exact) mass is 225 g/mol. The van der Waals surface area contributed by atoms with E-state index in [4.69, 9.17) is 0 Å². The lowest BCUT2D eigenvalue weighted by Crippen LogP contribution is -2.27. The van der Waals surface area contributed by atoms with Crippen molar-refractivity contribution in [1.82, 2.24) is 5.32 Å². The van der Waals surface area contributed by atoms with Gasteiger partial charge in [0.25, 0.3) is 0 Å². The minimum atomic E-state index is 0.847. The van der Waals surface area contributed by atoms with E-state index in [2.05, 4.69) is 33.0 Å². The van der Waals surface area contributed by atoms with E-state index < -0.39 is 0 Å². The number of nitrogens with one attached hydrogen (secondary N) is 1. The van der Waals surface area contributed by atoms with Crippen LogP contribution in [-0.4, -0.2) is 12.6 Å². The standard InChI is InChI=1S/C15H31N/c1-5-6-13(4)10-14(9-12(2)3)11-16-15-7-8-15/h12-16H,5-11H2,1-4H3. The van der Waals surface area contributed by atoms with Gasteiger partial charge in [0.05, 0.1) is 0 Å². The van der Waals surface area contributed by atoms with E-state index in [1.54, 1.807) is 0 Å². The second-order valence-electron chi connectivity index (χ2n) is 6.31. The molecule has 0 heterocycles. The predicted octanol–water partition coefficient (Wildman–Crippen LogP) is 4.23. The Labute approximate surface area is 102 Å². The van der Waals surface area contributed by atoms with E-state index in [1.165, 1.54) is 45.1 Å². The van der Waals surface area contributed by atoms with Crippen LogP contribution in [0.25, 0.3) is 0 Å². The van der Waals surface area contributed by atoms with Gasteiger partial charge in [-0.3, -0.25) is 0 Å². The lowest BCUT2D eigenvalue weighted by molar-refractivity contribution is 0.309. The molecular formula is C15H31N. The Balaban J connectivity index is 2.23. The molecule has 16 heavy (non-hydrogen) atoms. The van der Waals surface area contributed by atoms with Crippen LogP contribution < -0.4 is 5.32 Å². The van der Waals surface area contributed by atoms with E-state index in [0.717, 1.165) is 23.8 Å². The molecule has 1 nitrogen and oxygen atoms in total. The van der Waals surface area contributed by atoms with Gasteiger partial charge in [-0.1, -0.05) is 40.5 Å². The third kappa shape index (κ3) is 6.52. The van der Waals surface area contributed by atoms with Crippen LogP contribution in [0.5, 0.6) is 0 Å². The highest BCUT2D eigenvalue weighted by Gasteiger charge is 2.22. The normalized spacial score (nSPS) is 20.1. The summed E-state index contributed by atoms with van der Waals surface area (Å²) in [6.07, 6.45) is 8.39. The van der Waals surface area contributed by atoms with Crippen LogP contribution in [-0.2, 0) is 0 Å². The Morgan fingerprint density at radius 3 is 2.31 bits per heavy atom. The summed E-state index contributed by atoms with van der Waals surface area (Å²) in [5.74, 6) is 2.66. The van der Waals surface area contributed by atoms with Crippen molar-refractivity contribution in [1.29, 1.82) is 0 Å². The quantitative estimate of drug-likeness (QED) is 0.619. The fourth-order valence-corrected chi connectivity index (χ4v) is 2.73. The minimum Gasteiger partial charge on any atom is -0.314 e. The Morgan fingerprint density at radius 1 is 1.12 bits per heavy atom. The highest BCUT2D eigenvalue weighted by Crippen LogP contribution is 2.24. The van der Waals surface area contributed by atoms with Crippen LogP contribution in [0.2, 0.25) is 0 Å². The molecule has 0 aromatic heterocycles. The Hall–Kier alpha value is -0.0400. The van der Waals surface area contributed by atoms with Crippen molar-refractivity contribution in [3.05, 3.63) is 0 Å². The summed E-state index contributed by atoms with van der Waals surface area (Å²) in [7, 11) is 0. The van der Waals surface area contributed by atoms with Crippen molar-refractivity contribution in [3.63, 3.8) is 0 Å². The average molecular weight is 225 g/mol. The lowest BCUT2D eigenvalue weighted by atomic mass is 9.87. The summed E-state index contributed by atoms with van der Waals surface area (Å²) in [4.78, 5) is 0. The molecule has 0 spiro atoms. The van der Waals surface area contributed by atoms with Crippen molar-refractivity contribution in [3.8, 4) is 0 Å². The second kappa shape index (κ2) is 7.32. The van der Waals surface area contributed by atoms with Crippen molar-refractivity contribution >= 4 is 0 Å². The maximum absolute atomic E-state index is 3.71. The number of rotatable bonds is 9. The van der Waals surface area contributed by atoms with Crippen molar-refractivity contribution in [2.24, 2.45) is 17.8 Å². The summed E-state index contributed by atoms with van der Waals surface area (Å²) >= 11 is 0. The smallest absolute Gasteiger partial charge is 0.00683 e. The Bertz CT molecular complexity index is 172. The van der Waals surface area contributed by atoms with Gasteiger partial charge in [0.2, 0.25) is 0 Å². The fraction of sp³-hybridized carbons (Fsp3) is 1.00. The molecule has 1 N–H and O–H groups in total. The molecule has 1 heteroatoms. The van der Waals surface area contributed by atoms with Gasteiger partial charge in [-0.05, 0) is 50.0 Å². The van der Waals surface area contributed by atoms with Crippen LogP contribution in [0.3, 0.4) is 0 Å². The predicted molar refractivity (Wildman–Crippen MR) is 72.7 cm³/mol. The first kappa shape index (κ1) is 14.0. The van der Waals surface area contributed by atoms with Gasteiger partial charge >= 0.3 is 0 Å². The van der Waals surface area contributed by atoms with Gasteiger partial charge in [0, 0.05) is 6.04 Å². The van der Waals surface area contributed by atoms with Gasteiger partial charge in [-0.15, -0.1) is 0 Å². The maximum Gasteiger partial charge on any atom is 0.00683 e. The van der Waals surface area contributed by atoms with Crippen LogP contribution in [0.1, 0.15) is 66.2 Å². The van der Waals surface area contributed by atoms with Gasteiger partial charge in [-0.2, -0.15) is 0 Å². The molecule has 0 aromatic carbocycles. The Kier molecular flexibility index (Phi) is 6.41. The molecule has 1 aliphatic carbocycles. The summed E-state index contributed by atoms with van der Waals surface area (Å²) in [5.41, 5.74) is 0. The summed E-state index contributed by atoms with van der Waals surface area (Å²) < 4.78 is 0. The van der Waals surface area contributed by atoms with Crippen LogP contribution in [0.4, 0.5) is 0 Å². The first-order chi connectivity index (χ1) is 7.61. The van der Waals surface area contributed by atoms with Gasteiger partial charge in [-0.25, -0.2) is 0 Å². The zero-order valence-electron chi connectivity index (χ0n) is 11.8. The van der Waals surface area contributed by atoms with Crippen molar-refractivity contribution in [2.75, 3.05) is 6.54 Å². The molecule has 0 amide bonds. The molecule has 0 aliphatic heterocycles. The maximum atomic E-state index is 3.71. The van der Waals surface area contributed by atoms with Gasteiger partial charge in [0.1, 0.15) is 0 Å². The van der Waals surface area contributed by atoms with E-state index in [9.17, 15) is 0 Å². The van der Waals surface area contributed by atoms with Crippen LogP contribution in [0, 0.1) is 17.8 Å². The lowest BCUT2D eigenvalue weighted by Gasteiger charge is -2.23. The van der Waals surface area contributed by atoms with Crippen LogP contribution in [0.15, 0.2) is 0 Å². The molecule has 1 saturated carbocycles. The first-order valence-electron chi connectivity index (χ1n) is 7.35. The van der Waals surface area contributed by atoms with E-state index in [1.807, 2.05) is 0 Å². The minimum absolute atomic E-state index is 0.847. The summed E-state index contributed by atoms with van der Waals surface area (Å²) in [6, 6.07) is 0.871. The molecular weight excluding hydrogens is 194 g/mol. The first-order valence-corrected chi connectivity index (χ1v) is 7.35. The highest BCUT2D eigenvalue weighted by atomic mass is 14.9. The van der Waals surface area contributed by atoms with E-state index >= 15 is 0 Å². The molecule has 1 rings (SSSR count). The number of hydrogen-bond acceptors (Lipinski definition) is 1. The van der Waals surface area contributed by atoms with Crippen molar-refractivity contribution < 1.29 is 0 Å². The van der Waals surface area contributed by atoms with Gasteiger partial charge < -0.3 is 5.32 Å². The molecule has 0 aromatic rings. The molecule has 2 unspecified atom stereocenters. The zero-order valence-corrected chi connectivity index (χ0v) is 11.8. The third-order valence-electron chi connectivity index (χ3n) is 3.59. The second-order valence-corrected chi connectivity index (χ2v) is 6.31. The molecule has 0 radical (unpaired) electrons. The highest BCUT2D eigenvalue weighted by molar-refractivity contribution is 4.82. The average Bonchev–Trinajstić information content (AvgIpc) is 2.97. The summed E-state index contributed by atoms with van der Waals surface area (Å²) in [5, 5.41) is 3.71. The fourth-order valence-electron chi connectivity index (χ4n) is 2.73. The largest absolute Gasteiger partial charge is 0.314 e. The van der Waals surface area contributed by atoms with E-state index in [-0.39, 0.29) is 0 Å². The number of hydrogen-bond donors (Lipinski definition) is 1. The Morgan fingerprint density at radius 2 is 1.81 bits per heavy atom. The topological polar surface area (TPSA) is 12.0 Å². The zero-order chi connectivity index (χ0) is 12.0. The van der Waals surface area contributed by atoms with Crippen LogP contribution >= 0.6 is 0 Å². The molecule has 2 atom stereocenters. The molecule has 0 bridgehead atoms. The van der Waals surface area contributed by atoms with E-state index in [0.29, 0.717) is 0 Å². The summed E-state index contributed by atoms with van der Waals surface area (Å²) in [6.45, 7) is 10.7. The molecule has 96 valence electrons. The SMILES string of the molecule is CCCC(C)CC(CNC1CC1)CC(C)C. The van der Waals surface area contributed by atoms with Crippen molar-refractivity contribution in [2.45, 2.75) is 72.3 Å². The van der Waals surface area contributed by atoms with Gasteiger partial charge in [0.15, 0.2) is 0 Å². The molecule has 0 saturated heterocycles. The molecule has 1 aliphatic rings.